The van der Waals surface area contributed by atoms with Crippen molar-refractivity contribution in [3.05, 3.63) is 23.5 Å². The van der Waals surface area contributed by atoms with Crippen molar-refractivity contribution >= 4 is 30.2 Å². The van der Waals surface area contributed by atoms with Gasteiger partial charge in [0, 0.05) is 37.0 Å². The van der Waals surface area contributed by atoms with Crippen molar-refractivity contribution in [3.63, 3.8) is 0 Å². The van der Waals surface area contributed by atoms with Crippen molar-refractivity contribution < 1.29 is 19.1 Å². The van der Waals surface area contributed by atoms with Gasteiger partial charge in [0.15, 0.2) is 5.78 Å². The minimum absolute atomic E-state index is 0.0842. The van der Waals surface area contributed by atoms with Crippen LogP contribution in [0.4, 0.5) is 0 Å². The van der Waals surface area contributed by atoms with Crippen LogP contribution in [0.3, 0.4) is 0 Å². The summed E-state index contributed by atoms with van der Waals surface area (Å²) in [5.41, 5.74) is 0.142. The third-order valence-corrected chi connectivity index (χ3v) is 8.72. The van der Waals surface area contributed by atoms with E-state index in [1.54, 1.807) is 0 Å². The first-order chi connectivity index (χ1) is 12.1. The second-order valence-corrected chi connectivity index (χ2v) is 9.60. The highest BCUT2D eigenvalue weighted by atomic mass is 32.1. The van der Waals surface area contributed by atoms with Gasteiger partial charge in [-0.25, -0.2) is 0 Å². The third-order valence-electron chi connectivity index (χ3n) is 7.65. The van der Waals surface area contributed by atoms with Gasteiger partial charge in [0.2, 0.25) is 0 Å². The van der Waals surface area contributed by atoms with Crippen LogP contribution in [0.15, 0.2) is 23.5 Å². The summed E-state index contributed by atoms with van der Waals surface area (Å²) in [5.74, 6) is 1.01. The molecule has 0 radical (unpaired) electrons. The van der Waals surface area contributed by atoms with E-state index in [1.807, 2.05) is 13.0 Å². The Labute approximate surface area is 159 Å². The third kappa shape index (κ3) is 2.12. The molecule has 0 aromatic rings. The summed E-state index contributed by atoms with van der Waals surface area (Å²) in [5, 5.41) is 0. The molecule has 0 bridgehead atoms. The quantitative estimate of drug-likeness (QED) is 0.560. The molecule has 0 N–H and O–H groups in total. The number of esters is 1. The molecule has 0 saturated heterocycles. The smallest absolute Gasteiger partial charge is 0.307 e. The molecule has 0 aliphatic heterocycles. The Morgan fingerprint density at radius 3 is 2.62 bits per heavy atom. The summed E-state index contributed by atoms with van der Waals surface area (Å²) in [6, 6.07) is 0. The molecule has 4 aliphatic carbocycles. The largest absolute Gasteiger partial charge is 0.431 e. The van der Waals surface area contributed by atoms with Gasteiger partial charge in [0.05, 0.1) is 4.75 Å². The summed E-state index contributed by atoms with van der Waals surface area (Å²) >= 11 is 5.09. The Hall–Kier alpha value is -1.36. The van der Waals surface area contributed by atoms with Crippen LogP contribution in [-0.4, -0.2) is 22.3 Å². The van der Waals surface area contributed by atoms with E-state index < -0.39 is 15.6 Å². The molecule has 4 rings (SSSR count). The van der Waals surface area contributed by atoms with Gasteiger partial charge >= 0.3 is 5.97 Å². The Balaban J connectivity index is 1.78. The predicted octanol–water partition coefficient (Wildman–Crippen LogP) is 3.81. The highest BCUT2D eigenvalue weighted by molar-refractivity contribution is 7.82. The second kappa shape index (κ2) is 5.57. The van der Waals surface area contributed by atoms with Crippen LogP contribution in [0.5, 0.6) is 0 Å². The Morgan fingerprint density at radius 1 is 1.19 bits per heavy atom. The molecule has 0 aromatic carbocycles. The second-order valence-electron chi connectivity index (χ2n) is 8.89. The number of ether oxygens (including phenoxy) is 1. The monoisotopic (exact) mass is 374 g/mol. The first-order valence-corrected chi connectivity index (χ1v) is 9.96. The molecule has 0 spiro atoms. The minimum atomic E-state index is -0.760. The van der Waals surface area contributed by atoms with E-state index >= 15 is 0 Å². The molecule has 0 aromatic heterocycles. The highest BCUT2D eigenvalue weighted by Gasteiger charge is 2.68. The van der Waals surface area contributed by atoms with Gasteiger partial charge in [-0.2, -0.15) is 12.6 Å². The molecular weight excluding hydrogens is 348 g/mol. The van der Waals surface area contributed by atoms with Crippen molar-refractivity contribution in [1.82, 2.24) is 0 Å². The Bertz CT molecular complexity index is 781. The standard InChI is InChI=1S/C21H26O4S/c1-12(22)25-14-8-9-20(3)13(10-14)4-5-16-15-6-7-17(23)19(15,2)11-18(24)21(16,20)26/h4,10,15-16,26H,5-9,11H2,1-3H3. The summed E-state index contributed by atoms with van der Waals surface area (Å²) in [6.07, 6.45) is 7.96. The van der Waals surface area contributed by atoms with E-state index in [0.717, 1.165) is 24.8 Å². The van der Waals surface area contributed by atoms with Gasteiger partial charge in [-0.3, -0.25) is 14.4 Å². The number of carbonyl (C=O) groups is 3. The SMILES string of the molecule is CC(=O)OC1=CC2=CCC3C4CCC(=O)C4(C)CC(=O)C3(S)C2(C)CC1. The fourth-order valence-electron chi connectivity index (χ4n) is 6.13. The molecule has 26 heavy (non-hydrogen) atoms. The van der Waals surface area contributed by atoms with Gasteiger partial charge in [-0.1, -0.05) is 19.9 Å². The number of thiol groups is 1. The number of allylic oxidation sites excluding steroid dienone is 4. The van der Waals surface area contributed by atoms with E-state index in [0.29, 0.717) is 25.0 Å². The number of hydrogen-bond donors (Lipinski definition) is 1. The van der Waals surface area contributed by atoms with Crippen LogP contribution in [-0.2, 0) is 19.1 Å². The van der Waals surface area contributed by atoms with Crippen LogP contribution in [0, 0.1) is 22.7 Å². The van der Waals surface area contributed by atoms with E-state index in [2.05, 4.69) is 13.0 Å². The number of rotatable bonds is 1. The molecule has 140 valence electrons. The molecule has 5 heteroatoms. The van der Waals surface area contributed by atoms with Crippen LogP contribution in [0.2, 0.25) is 0 Å². The van der Waals surface area contributed by atoms with Crippen LogP contribution in [0.25, 0.3) is 0 Å². The fourth-order valence-corrected chi connectivity index (χ4v) is 6.73. The first kappa shape index (κ1) is 18.0. The lowest BCUT2D eigenvalue weighted by Gasteiger charge is -2.60. The molecule has 5 atom stereocenters. The zero-order valence-electron chi connectivity index (χ0n) is 15.6. The van der Waals surface area contributed by atoms with Crippen molar-refractivity contribution in [3.8, 4) is 0 Å². The average molecular weight is 375 g/mol. The predicted molar refractivity (Wildman–Crippen MR) is 101 cm³/mol. The topological polar surface area (TPSA) is 60.4 Å². The number of ketones is 2. The summed E-state index contributed by atoms with van der Waals surface area (Å²) < 4.78 is 4.55. The molecule has 2 saturated carbocycles. The number of carbonyl (C=O) groups excluding carboxylic acids is 3. The Morgan fingerprint density at radius 2 is 1.92 bits per heavy atom. The molecule has 5 unspecified atom stereocenters. The average Bonchev–Trinajstić information content (AvgIpc) is 2.84. The zero-order chi connectivity index (χ0) is 18.9. The normalized spacial score (nSPS) is 44.5. The van der Waals surface area contributed by atoms with Gasteiger partial charge < -0.3 is 4.74 Å². The van der Waals surface area contributed by atoms with E-state index in [1.165, 1.54) is 6.92 Å². The molecule has 0 heterocycles. The maximum Gasteiger partial charge on any atom is 0.307 e. The van der Waals surface area contributed by atoms with Crippen LogP contribution in [0.1, 0.15) is 59.3 Å². The Kier molecular flexibility index (Phi) is 3.86. The van der Waals surface area contributed by atoms with Gasteiger partial charge in [0.1, 0.15) is 11.5 Å². The maximum atomic E-state index is 13.4. The van der Waals surface area contributed by atoms with E-state index in [4.69, 9.17) is 17.4 Å². The van der Waals surface area contributed by atoms with Gasteiger partial charge in [-0.15, -0.1) is 0 Å². The lowest BCUT2D eigenvalue weighted by Crippen LogP contribution is -2.64. The highest BCUT2D eigenvalue weighted by Crippen LogP contribution is 2.66. The summed E-state index contributed by atoms with van der Waals surface area (Å²) in [6.45, 7) is 5.51. The molecule has 0 amide bonds. The minimum Gasteiger partial charge on any atom is -0.431 e. The van der Waals surface area contributed by atoms with Crippen LogP contribution >= 0.6 is 12.6 Å². The number of hydrogen-bond acceptors (Lipinski definition) is 5. The van der Waals surface area contributed by atoms with Crippen molar-refractivity contribution in [2.75, 3.05) is 0 Å². The first-order valence-electron chi connectivity index (χ1n) is 9.51. The summed E-state index contributed by atoms with van der Waals surface area (Å²) in [7, 11) is 0. The lowest BCUT2D eigenvalue weighted by atomic mass is 9.47. The van der Waals surface area contributed by atoms with E-state index in [-0.39, 0.29) is 29.4 Å². The zero-order valence-corrected chi connectivity index (χ0v) is 16.5. The molecular formula is C21H26O4S. The lowest BCUT2D eigenvalue weighted by molar-refractivity contribution is -0.144. The van der Waals surface area contributed by atoms with Gasteiger partial charge in [-0.05, 0) is 42.7 Å². The van der Waals surface area contributed by atoms with Crippen LogP contribution < -0.4 is 0 Å². The molecule has 4 aliphatic rings. The van der Waals surface area contributed by atoms with Crippen molar-refractivity contribution in [1.29, 1.82) is 0 Å². The van der Waals surface area contributed by atoms with Crippen molar-refractivity contribution in [2.24, 2.45) is 22.7 Å². The van der Waals surface area contributed by atoms with Crippen molar-refractivity contribution in [2.45, 2.75) is 64.0 Å². The molecule has 4 nitrogen and oxygen atoms in total. The summed E-state index contributed by atoms with van der Waals surface area (Å²) in [4.78, 5) is 37.2. The van der Waals surface area contributed by atoms with Gasteiger partial charge in [0.25, 0.3) is 0 Å². The maximum absolute atomic E-state index is 13.4. The molecule has 2 fully saturated rings. The fraction of sp³-hybridized carbons (Fsp3) is 0.667. The number of fused-ring (bicyclic) bond motifs is 5. The number of Topliss-reactive ketones (excluding diaryl/α,β-unsaturated/α-hetero) is 2. The van der Waals surface area contributed by atoms with E-state index in [9.17, 15) is 14.4 Å².